The Morgan fingerprint density at radius 2 is 1.72 bits per heavy atom. The van der Waals surface area contributed by atoms with Gasteiger partial charge in [0.15, 0.2) is 5.78 Å². The summed E-state index contributed by atoms with van der Waals surface area (Å²) < 4.78 is 0. The van der Waals surface area contributed by atoms with Crippen molar-refractivity contribution in [2.75, 3.05) is 19.6 Å². The van der Waals surface area contributed by atoms with Crippen molar-refractivity contribution in [2.24, 2.45) is 5.92 Å². The molecule has 29 heavy (non-hydrogen) atoms. The summed E-state index contributed by atoms with van der Waals surface area (Å²) in [6.07, 6.45) is 7.81. The maximum atomic E-state index is 13.1. The van der Waals surface area contributed by atoms with Gasteiger partial charge in [0.1, 0.15) is 0 Å². The smallest absolute Gasteiger partial charge is 0.163 e. The minimum Gasteiger partial charge on any atom is -0.385 e. The molecule has 0 bridgehead atoms. The molecule has 1 saturated heterocycles. The molecule has 0 saturated carbocycles. The first-order valence-electron chi connectivity index (χ1n) is 10.4. The number of hydrogen-bond donors (Lipinski definition) is 1. The van der Waals surface area contributed by atoms with Gasteiger partial charge < -0.3 is 10.0 Å². The van der Waals surface area contributed by atoms with Gasteiger partial charge in [-0.2, -0.15) is 0 Å². The van der Waals surface area contributed by atoms with Gasteiger partial charge in [-0.25, -0.2) is 0 Å². The molecular weight excluding hydrogens is 358 g/mol. The van der Waals surface area contributed by atoms with E-state index < -0.39 is 11.5 Å². The Bertz CT molecular complexity index is 914. The first-order chi connectivity index (χ1) is 13.9. The van der Waals surface area contributed by atoms with E-state index in [-0.39, 0.29) is 5.78 Å². The van der Waals surface area contributed by atoms with Crippen LogP contribution in [0, 0.1) is 19.8 Å². The number of hydrogen-bond acceptors (Lipinski definition) is 3. The number of likely N-dealkylation sites (tertiary alicyclic amines) is 1. The molecule has 2 unspecified atom stereocenters. The van der Waals surface area contributed by atoms with Gasteiger partial charge in [0.05, 0.1) is 11.5 Å². The van der Waals surface area contributed by atoms with Gasteiger partial charge in [0.25, 0.3) is 0 Å². The first-order valence-corrected chi connectivity index (χ1v) is 10.4. The molecule has 3 rings (SSSR count). The molecule has 2 aromatic carbocycles. The molecule has 152 valence electrons. The molecule has 1 N–H and O–H groups in total. The Labute approximate surface area is 174 Å². The van der Waals surface area contributed by atoms with Crippen LogP contribution in [0.5, 0.6) is 0 Å². The van der Waals surface area contributed by atoms with E-state index in [4.69, 9.17) is 0 Å². The Morgan fingerprint density at radius 1 is 1.10 bits per heavy atom. The molecule has 0 aromatic heterocycles. The molecule has 1 fully saturated rings. The lowest BCUT2D eigenvalue weighted by Crippen LogP contribution is -2.53. The molecule has 2 atom stereocenters. The number of ketones is 1. The van der Waals surface area contributed by atoms with E-state index in [1.807, 2.05) is 74.5 Å². The summed E-state index contributed by atoms with van der Waals surface area (Å²) >= 11 is 0. The number of piperidine rings is 1. The summed E-state index contributed by atoms with van der Waals surface area (Å²) in [5, 5.41) is 11.4. The van der Waals surface area contributed by atoms with Gasteiger partial charge >= 0.3 is 0 Å². The van der Waals surface area contributed by atoms with E-state index in [9.17, 15) is 9.90 Å². The monoisotopic (exact) mass is 389 g/mol. The fourth-order valence-corrected chi connectivity index (χ4v) is 3.92. The van der Waals surface area contributed by atoms with Crippen LogP contribution in [0.3, 0.4) is 0 Å². The van der Waals surface area contributed by atoms with E-state index in [1.54, 1.807) is 6.08 Å². The number of nitrogens with zero attached hydrogens (tertiary/aromatic N) is 1. The zero-order chi connectivity index (χ0) is 20.9. The topological polar surface area (TPSA) is 40.5 Å². The molecular formula is C26H31NO2. The van der Waals surface area contributed by atoms with Crippen molar-refractivity contribution < 1.29 is 9.90 Å². The molecule has 0 amide bonds. The first kappa shape index (κ1) is 21.2. The summed E-state index contributed by atoms with van der Waals surface area (Å²) in [6, 6.07) is 16.2. The highest BCUT2D eigenvalue weighted by Crippen LogP contribution is 2.31. The van der Waals surface area contributed by atoms with Gasteiger partial charge in [-0.05, 0) is 44.0 Å². The summed E-state index contributed by atoms with van der Waals surface area (Å²) in [4.78, 5) is 15.3. The number of allylic oxidation sites excluding steroid dienone is 1. The zero-order valence-corrected chi connectivity index (χ0v) is 17.6. The van der Waals surface area contributed by atoms with Crippen LogP contribution >= 0.6 is 0 Å². The van der Waals surface area contributed by atoms with Gasteiger partial charge in [0.2, 0.25) is 0 Å². The van der Waals surface area contributed by atoms with Crippen molar-refractivity contribution in [3.05, 3.63) is 82.9 Å². The normalized spacial score (nSPS) is 23.1. The lowest BCUT2D eigenvalue weighted by molar-refractivity contribution is -0.129. The quantitative estimate of drug-likeness (QED) is 0.730. The molecule has 3 nitrogen and oxygen atoms in total. The second-order valence-electron chi connectivity index (χ2n) is 8.08. The predicted molar refractivity (Wildman–Crippen MR) is 121 cm³/mol. The summed E-state index contributed by atoms with van der Waals surface area (Å²) in [7, 11) is 0. The van der Waals surface area contributed by atoms with E-state index >= 15 is 0 Å². The Balaban J connectivity index is 1.83. The number of benzene rings is 2. The van der Waals surface area contributed by atoms with Crippen LogP contribution in [0.2, 0.25) is 0 Å². The molecule has 0 radical (unpaired) electrons. The molecule has 0 aliphatic carbocycles. The maximum Gasteiger partial charge on any atom is 0.163 e. The van der Waals surface area contributed by atoms with Gasteiger partial charge in [-0.3, -0.25) is 4.79 Å². The molecule has 0 spiro atoms. The van der Waals surface area contributed by atoms with Gasteiger partial charge in [-0.15, -0.1) is 0 Å². The Kier molecular flexibility index (Phi) is 6.83. The fourth-order valence-electron chi connectivity index (χ4n) is 3.92. The van der Waals surface area contributed by atoms with Gasteiger partial charge in [-0.1, -0.05) is 84.8 Å². The van der Waals surface area contributed by atoms with E-state index in [0.29, 0.717) is 13.0 Å². The SMILES string of the molecule is CCN1CCC(O)(/C=C/c2cccc(C)c2)C(C(=O)/C=C/c2cccc(C)c2)C1. The lowest BCUT2D eigenvalue weighted by atomic mass is 9.77. The fraction of sp³-hybridized carbons (Fsp3) is 0.346. The third-order valence-corrected chi connectivity index (χ3v) is 5.75. The Hall–Kier alpha value is -2.49. The highest BCUT2D eigenvalue weighted by Gasteiger charge is 2.42. The summed E-state index contributed by atoms with van der Waals surface area (Å²) in [6.45, 7) is 8.42. The maximum absolute atomic E-state index is 13.1. The minimum absolute atomic E-state index is 0.0268. The third-order valence-electron chi connectivity index (χ3n) is 5.75. The summed E-state index contributed by atoms with van der Waals surface area (Å²) in [5.74, 6) is -0.501. The van der Waals surface area contributed by atoms with Crippen LogP contribution < -0.4 is 0 Å². The highest BCUT2D eigenvalue weighted by molar-refractivity contribution is 5.96. The molecule has 2 aromatic rings. The predicted octanol–water partition coefficient (Wildman–Crippen LogP) is 4.67. The molecule has 1 aliphatic rings. The Morgan fingerprint density at radius 3 is 2.31 bits per heavy atom. The van der Waals surface area contributed by atoms with Crippen molar-refractivity contribution in [1.29, 1.82) is 0 Å². The van der Waals surface area contributed by atoms with Crippen molar-refractivity contribution in [1.82, 2.24) is 4.90 Å². The number of aryl methyl sites for hydroxylation is 2. The number of carbonyl (C=O) groups is 1. The molecule has 3 heteroatoms. The van der Waals surface area contributed by atoms with E-state index in [2.05, 4.69) is 17.9 Å². The molecule has 1 heterocycles. The zero-order valence-electron chi connectivity index (χ0n) is 17.6. The van der Waals surface area contributed by atoms with Crippen molar-refractivity contribution in [3.63, 3.8) is 0 Å². The average Bonchev–Trinajstić information content (AvgIpc) is 2.71. The van der Waals surface area contributed by atoms with Crippen LogP contribution in [-0.4, -0.2) is 41.0 Å². The van der Waals surface area contributed by atoms with E-state index in [1.165, 1.54) is 5.56 Å². The average molecular weight is 390 g/mol. The van der Waals surface area contributed by atoms with Crippen molar-refractivity contribution in [3.8, 4) is 0 Å². The van der Waals surface area contributed by atoms with E-state index in [0.717, 1.165) is 29.8 Å². The van der Waals surface area contributed by atoms with Crippen LogP contribution in [0.25, 0.3) is 12.2 Å². The van der Waals surface area contributed by atoms with Crippen LogP contribution in [-0.2, 0) is 4.79 Å². The van der Waals surface area contributed by atoms with Crippen LogP contribution in [0.15, 0.2) is 60.7 Å². The van der Waals surface area contributed by atoms with Gasteiger partial charge in [0, 0.05) is 13.1 Å². The number of carbonyl (C=O) groups excluding carboxylic acids is 1. The standard InChI is InChI=1S/C26H31NO2/c1-4-27-16-15-26(29,14-13-23-10-6-8-21(3)18-23)24(19-27)25(28)12-11-22-9-5-7-20(2)17-22/h5-14,17-18,24,29H,4,15-16,19H2,1-3H3/b12-11+,14-13+. The largest absolute Gasteiger partial charge is 0.385 e. The third kappa shape index (κ3) is 5.53. The lowest BCUT2D eigenvalue weighted by Gasteiger charge is -2.41. The number of aliphatic hydroxyl groups is 1. The summed E-state index contributed by atoms with van der Waals surface area (Å²) in [5.41, 5.74) is 3.24. The second-order valence-corrected chi connectivity index (χ2v) is 8.08. The van der Waals surface area contributed by atoms with Crippen LogP contribution in [0.1, 0.15) is 35.6 Å². The minimum atomic E-state index is -1.14. The van der Waals surface area contributed by atoms with Crippen molar-refractivity contribution in [2.45, 2.75) is 32.8 Å². The van der Waals surface area contributed by atoms with Crippen LogP contribution in [0.4, 0.5) is 0 Å². The highest BCUT2D eigenvalue weighted by atomic mass is 16.3. The molecule has 1 aliphatic heterocycles. The second kappa shape index (κ2) is 9.34. The number of rotatable bonds is 6. The van der Waals surface area contributed by atoms with Crippen molar-refractivity contribution >= 4 is 17.9 Å².